The van der Waals surface area contributed by atoms with Crippen LogP contribution in [0.15, 0.2) is 0 Å². The topological polar surface area (TPSA) is 241 Å². The minimum Gasteiger partial charge on any atom is -0.560 e. The second-order valence-corrected chi connectivity index (χ2v) is 4.28. The first kappa shape index (κ1) is 56.3. The minimum atomic E-state index is -3.88. The van der Waals surface area contributed by atoms with Crippen molar-refractivity contribution >= 4 is 55.6 Å². The van der Waals surface area contributed by atoms with Gasteiger partial charge in [-0.25, -0.2) is 0 Å². The molecular weight excluding hydrogens is 642 g/mol. The van der Waals surface area contributed by atoms with Gasteiger partial charge in [0.15, 0.2) is 0 Å². The molecule has 0 aromatic heterocycles. The van der Waals surface area contributed by atoms with Gasteiger partial charge in [-0.1, -0.05) is 0 Å². The quantitative estimate of drug-likeness (QED) is 0.136. The second kappa shape index (κ2) is 50.2. The van der Waals surface area contributed by atoms with E-state index in [4.69, 9.17) is 55.5 Å². The maximum Gasteiger partial charge on any atom is 2.00 e. The van der Waals surface area contributed by atoms with E-state index in [1.54, 1.807) is 0 Å². The number of halogens is 6. The van der Waals surface area contributed by atoms with Crippen molar-refractivity contribution in [3.8, 4) is 0 Å². The molecule has 0 spiro atoms. The summed E-state index contributed by atoms with van der Waals surface area (Å²) in [5, 5.41) is 0. The Bertz CT molecular complexity index is 281. The van der Waals surface area contributed by atoms with Gasteiger partial charge in [0, 0.05) is 0 Å². The molecule has 162 valence electrons. The molecule has 0 aliphatic heterocycles. The van der Waals surface area contributed by atoms with Gasteiger partial charge < -0.3 is 55.5 Å². The van der Waals surface area contributed by atoms with E-state index in [0.29, 0.717) is 0 Å². The Morgan fingerprint density at radius 1 is 0.333 bits per heavy atom. The van der Waals surface area contributed by atoms with Crippen LogP contribution < -0.4 is 28.8 Å². The van der Waals surface area contributed by atoms with Crippen LogP contribution in [0.1, 0.15) is 0 Å². The van der Waals surface area contributed by atoms with Crippen molar-refractivity contribution in [2.24, 2.45) is 0 Å². The SMILES string of the molecule is O=[Si]([O-])F.O=[Si]([O-])F.O=[Si]([O-])F.O=[Si]([O-])F.O=[Si]([O-])F.O=[Si]([O-])F.[Fe+2].[Fe+2].[Fe+2]. The van der Waals surface area contributed by atoms with E-state index in [-0.39, 0.29) is 51.2 Å². The van der Waals surface area contributed by atoms with Gasteiger partial charge in [-0.15, -0.1) is 0 Å². The fraction of sp³-hybridized carbons (Fsp3) is 0. The molecule has 27 heavy (non-hydrogen) atoms. The molecule has 0 aliphatic rings. The Morgan fingerprint density at radius 2 is 0.333 bits per heavy atom. The van der Waals surface area contributed by atoms with Crippen LogP contribution in [0.5, 0.6) is 0 Å². The van der Waals surface area contributed by atoms with Gasteiger partial charge >= 0.3 is 107 Å². The van der Waals surface area contributed by atoms with Crippen molar-refractivity contribution in [2.75, 3.05) is 0 Å². The molecule has 0 heterocycles. The second-order valence-electron chi connectivity index (χ2n) is 1.43. The zero-order valence-electron chi connectivity index (χ0n) is 11.2. The van der Waals surface area contributed by atoms with E-state index in [1.165, 1.54) is 0 Å². The zero-order chi connectivity index (χ0) is 21.5. The summed E-state index contributed by atoms with van der Waals surface area (Å²) in [6.45, 7) is 0. The van der Waals surface area contributed by atoms with Crippen LogP contribution in [-0.2, 0) is 78.0 Å². The average Bonchev–Trinajstić information content (AvgIpc) is 2.08. The Labute approximate surface area is 186 Å². The summed E-state index contributed by atoms with van der Waals surface area (Å²) in [5.74, 6) is 0. The standard InChI is InChI=1S/6FO2Si.3Fe/c6*1-4(2)3;;;/q6*-1;3*+2. The van der Waals surface area contributed by atoms with E-state index in [2.05, 4.69) is 0 Å². The van der Waals surface area contributed by atoms with Crippen LogP contribution in [-0.4, -0.2) is 55.6 Å². The summed E-state index contributed by atoms with van der Waals surface area (Å²) in [7, 11) is -23.3. The van der Waals surface area contributed by atoms with E-state index >= 15 is 0 Å². The first-order valence-electron chi connectivity index (χ1n) is 3.58. The molecule has 0 saturated carbocycles. The van der Waals surface area contributed by atoms with Crippen molar-refractivity contribution in [1.29, 1.82) is 0 Å². The van der Waals surface area contributed by atoms with Crippen LogP contribution in [0, 0.1) is 0 Å². The fourth-order valence-corrected chi connectivity index (χ4v) is 0. The largest absolute Gasteiger partial charge is 2.00 e. The molecule has 12 nitrogen and oxygen atoms in total. The van der Waals surface area contributed by atoms with Crippen molar-refractivity contribution in [3.63, 3.8) is 0 Å². The molecule has 0 fully saturated rings. The summed E-state index contributed by atoms with van der Waals surface area (Å²) in [6.07, 6.45) is 0. The first-order chi connectivity index (χ1) is 10.4. The number of hydrogen-bond donors (Lipinski definition) is 0. The summed E-state index contributed by atoms with van der Waals surface area (Å²) >= 11 is 0. The number of rotatable bonds is 0. The van der Waals surface area contributed by atoms with Gasteiger partial charge in [0.1, 0.15) is 0 Å². The molecule has 0 aromatic carbocycles. The van der Waals surface area contributed by atoms with Gasteiger partial charge in [-0.3, -0.25) is 24.6 Å². The molecule has 0 amide bonds. The van der Waals surface area contributed by atoms with Crippen molar-refractivity contribution < 1.29 is 131 Å². The molecule has 0 radical (unpaired) electrons. The summed E-state index contributed by atoms with van der Waals surface area (Å²) in [5.41, 5.74) is 0. The fourth-order valence-electron chi connectivity index (χ4n) is 0. The molecule has 27 heteroatoms. The molecule has 0 atom stereocenters. The molecule has 0 unspecified atom stereocenters. The van der Waals surface area contributed by atoms with E-state index in [0.717, 1.165) is 0 Å². The van der Waals surface area contributed by atoms with Crippen LogP contribution in [0.25, 0.3) is 0 Å². The maximum atomic E-state index is 9.99. The first-order valence-corrected chi connectivity index (χ1v) is 10.8. The van der Waals surface area contributed by atoms with Crippen LogP contribution in [0.3, 0.4) is 0 Å². The molecule has 0 N–H and O–H groups in total. The van der Waals surface area contributed by atoms with E-state index in [9.17, 15) is 24.6 Å². The average molecular weight is 642 g/mol. The Hall–Kier alpha value is 0.0397. The predicted octanol–water partition coefficient (Wildman–Crippen LogP) is -7.62. The number of hydrogen-bond acceptors (Lipinski definition) is 12. The molecule has 0 aromatic rings. The normalized spacial score (nSPS) is 5.56. The van der Waals surface area contributed by atoms with E-state index in [1.807, 2.05) is 0 Å². The summed E-state index contributed by atoms with van der Waals surface area (Å²) in [6, 6.07) is 0. The van der Waals surface area contributed by atoms with Crippen LogP contribution >= 0.6 is 0 Å². The predicted molar refractivity (Wildman–Crippen MR) is 45.3 cm³/mol. The Balaban J connectivity index is -0.0000000201. The third-order valence-electron chi connectivity index (χ3n) is 0. The van der Waals surface area contributed by atoms with E-state index < -0.39 is 55.6 Å². The summed E-state index contributed by atoms with van der Waals surface area (Å²) in [4.78, 5) is 50.4. The zero-order valence-corrected chi connectivity index (χ0v) is 20.5. The van der Waals surface area contributed by atoms with Crippen LogP contribution in [0.4, 0.5) is 24.6 Å². The third-order valence-corrected chi connectivity index (χ3v) is 0. The van der Waals surface area contributed by atoms with Crippen molar-refractivity contribution in [3.05, 3.63) is 0 Å². The van der Waals surface area contributed by atoms with Crippen molar-refractivity contribution in [1.82, 2.24) is 0 Å². The van der Waals surface area contributed by atoms with Gasteiger partial charge in [0.05, 0.1) is 0 Å². The molecule has 0 saturated heterocycles. The Morgan fingerprint density at radius 3 is 0.333 bits per heavy atom. The smallest absolute Gasteiger partial charge is 0.560 e. The van der Waals surface area contributed by atoms with Crippen LogP contribution in [0.2, 0.25) is 0 Å². The van der Waals surface area contributed by atoms with Crippen molar-refractivity contribution in [2.45, 2.75) is 0 Å². The summed E-state index contributed by atoms with van der Waals surface area (Å²) < 4.78 is 110. The Kier molecular flexibility index (Phi) is 105. The van der Waals surface area contributed by atoms with Gasteiger partial charge in [-0.05, 0) is 0 Å². The minimum absolute atomic E-state index is 0. The molecule has 0 rings (SSSR count). The molecule has 0 bridgehead atoms. The van der Waals surface area contributed by atoms with Gasteiger partial charge in [0.25, 0.3) is 0 Å². The van der Waals surface area contributed by atoms with Gasteiger partial charge in [-0.2, -0.15) is 0 Å². The monoisotopic (exact) mass is 642 g/mol. The third kappa shape index (κ3) is 9530000. The molecular formula is F6Fe3O12Si6. The molecule has 0 aliphatic carbocycles. The van der Waals surface area contributed by atoms with Gasteiger partial charge in [0.2, 0.25) is 0 Å². The maximum absolute atomic E-state index is 9.99.